The van der Waals surface area contributed by atoms with Gasteiger partial charge in [-0.1, -0.05) is 25.1 Å². The number of sulfonamides is 1. The third kappa shape index (κ3) is 2.69. The number of furan rings is 1. The van der Waals surface area contributed by atoms with E-state index >= 15 is 0 Å². The van der Waals surface area contributed by atoms with Gasteiger partial charge in [-0.25, -0.2) is 8.42 Å². The first-order valence-electron chi connectivity index (χ1n) is 8.15. The van der Waals surface area contributed by atoms with Gasteiger partial charge in [-0.15, -0.1) is 0 Å². The zero-order valence-corrected chi connectivity index (χ0v) is 14.3. The Morgan fingerprint density at radius 3 is 2.71 bits per heavy atom. The molecule has 0 bridgehead atoms. The van der Waals surface area contributed by atoms with Crippen LogP contribution in [0.3, 0.4) is 0 Å². The van der Waals surface area contributed by atoms with Crippen LogP contribution in [0.4, 0.5) is 5.69 Å². The Bertz CT molecular complexity index is 990. The van der Waals surface area contributed by atoms with Crippen molar-refractivity contribution in [1.29, 1.82) is 0 Å². The van der Waals surface area contributed by atoms with E-state index in [0.29, 0.717) is 11.6 Å². The van der Waals surface area contributed by atoms with E-state index in [1.165, 1.54) is 5.56 Å². The molecule has 1 heterocycles. The molecule has 5 heteroatoms. The van der Waals surface area contributed by atoms with E-state index in [-0.39, 0.29) is 4.90 Å². The topological polar surface area (TPSA) is 59.3 Å². The number of nitrogens with one attached hydrogen (secondary N) is 1. The maximum absolute atomic E-state index is 12.5. The molecule has 0 aliphatic heterocycles. The van der Waals surface area contributed by atoms with Crippen LogP contribution in [0.15, 0.2) is 57.8 Å². The van der Waals surface area contributed by atoms with Crippen molar-refractivity contribution in [2.75, 3.05) is 4.72 Å². The Hall–Kier alpha value is -2.27. The number of rotatable bonds is 3. The van der Waals surface area contributed by atoms with E-state index < -0.39 is 10.0 Å². The molecule has 1 atom stereocenters. The number of fused-ring (bicyclic) bond motifs is 3. The molecular formula is C19H19NO3S. The minimum absolute atomic E-state index is 0.257. The zero-order valence-electron chi connectivity index (χ0n) is 13.5. The van der Waals surface area contributed by atoms with Gasteiger partial charge in [0, 0.05) is 23.1 Å². The van der Waals surface area contributed by atoms with Crippen molar-refractivity contribution in [1.82, 2.24) is 0 Å². The predicted molar refractivity (Wildman–Crippen MR) is 94.7 cm³/mol. The summed E-state index contributed by atoms with van der Waals surface area (Å²) in [6.07, 6.45) is 3.08. The third-order valence-electron chi connectivity index (χ3n) is 4.60. The van der Waals surface area contributed by atoms with Gasteiger partial charge in [0.1, 0.15) is 11.3 Å². The Balaban J connectivity index is 1.72. The summed E-state index contributed by atoms with van der Waals surface area (Å²) >= 11 is 0. The van der Waals surface area contributed by atoms with Gasteiger partial charge in [0.05, 0.1) is 4.90 Å². The third-order valence-corrected chi connectivity index (χ3v) is 5.99. The molecule has 1 N–H and O–H groups in total. The fourth-order valence-electron chi connectivity index (χ4n) is 3.33. The summed E-state index contributed by atoms with van der Waals surface area (Å²) in [6.45, 7) is 2.24. The quantitative estimate of drug-likeness (QED) is 0.770. The Labute approximate surface area is 141 Å². The molecule has 0 fully saturated rings. The molecule has 0 unspecified atom stereocenters. The lowest BCUT2D eigenvalue weighted by atomic mass is 9.88. The van der Waals surface area contributed by atoms with Crippen LogP contribution in [-0.4, -0.2) is 8.42 Å². The number of anilines is 1. The highest BCUT2D eigenvalue weighted by molar-refractivity contribution is 7.92. The van der Waals surface area contributed by atoms with Crippen LogP contribution < -0.4 is 4.72 Å². The highest BCUT2D eigenvalue weighted by Crippen LogP contribution is 2.35. The number of hydrogen-bond acceptors (Lipinski definition) is 3. The molecule has 0 spiro atoms. The van der Waals surface area contributed by atoms with Gasteiger partial charge >= 0.3 is 0 Å². The average molecular weight is 341 g/mol. The number of hydrogen-bond donors (Lipinski definition) is 1. The van der Waals surface area contributed by atoms with Crippen molar-refractivity contribution in [2.45, 2.75) is 31.1 Å². The Morgan fingerprint density at radius 1 is 1.12 bits per heavy atom. The average Bonchev–Trinajstić information content (AvgIpc) is 2.93. The molecule has 4 nitrogen and oxygen atoms in total. The van der Waals surface area contributed by atoms with Gasteiger partial charge in [-0.3, -0.25) is 4.72 Å². The normalized spacial score (nSPS) is 17.6. The lowest BCUT2D eigenvalue weighted by Gasteiger charge is -2.16. The largest absolute Gasteiger partial charge is 0.461 e. The van der Waals surface area contributed by atoms with E-state index in [2.05, 4.69) is 11.6 Å². The first-order valence-corrected chi connectivity index (χ1v) is 9.63. The second-order valence-electron chi connectivity index (χ2n) is 6.48. The second kappa shape index (κ2) is 5.67. The van der Waals surface area contributed by atoms with Crippen LogP contribution in [0.2, 0.25) is 0 Å². The molecule has 24 heavy (non-hydrogen) atoms. The molecule has 0 radical (unpaired) electrons. The van der Waals surface area contributed by atoms with Crippen molar-refractivity contribution < 1.29 is 12.8 Å². The monoisotopic (exact) mass is 341 g/mol. The highest BCUT2D eigenvalue weighted by Gasteiger charge is 2.22. The minimum Gasteiger partial charge on any atom is -0.461 e. The van der Waals surface area contributed by atoms with Crippen molar-refractivity contribution in [3.63, 3.8) is 0 Å². The molecular weight excluding hydrogens is 322 g/mol. The van der Waals surface area contributed by atoms with Gasteiger partial charge in [-0.2, -0.15) is 0 Å². The van der Waals surface area contributed by atoms with E-state index in [0.717, 1.165) is 36.0 Å². The van der Waals surface area contributed by atoms with Crippen molar-refractivity contribution in [3.05, 3.63) is 59.9 Å². The number of benzene rings is 2. The lowest BCUT2D eigenvalue weighted by Crippen LogP contribution is -2.12. The molecule has 4 rings (SSSR count). The molecule has 124 valence electrons. The van der Waals surface area contributed by atoms with Gasteiger partial charge < -0.3 is 4.42 Å². The number of aryl methyl sites for hydroxylation is 1. The van der Waals surface area contributed by atoms with Crippen molar-refractivity contribution in [2.24, 2.45) is 5.92 Å². The summed E-state index contributed by atoms with van der Waals surface area (Å²) < 4.78 is 33.6. The molecule has 1 aliphatic rings. The fraction of sp³-hybridized carbons (Fsp3) is 0.263. The van der Waals surface area contributed by atoms with E-state index in [4.69, 9.17) is 4.42 Å². The van der Waals surface area contributed by atoms with Crippen LogP contribution in [-0.2, 0) is 22.9 Å². The van der Waals surface area contributed by atoms with Crippen LogP contribution in [0.5, 0.6) is 0 Å². The van der Waals surface area contributed by atoms with Crippen LogP contribution >= 0.6 is 0 Å². The summed E-state index contributed by atoms with van der Waals surface area (Å²) in [5.74, 6) is 1.68. The van der Waals surface area contributed by atoms with Crippen LogP contribution in [0, 0.1) is 5.92 Å². The molecule has 1 aliphatic carbocycles. The Kier molecular flexibility index (Phi) is 3.61. The van der Waals surface area contributed by atoms with E-state index in [9.17, 15) is 8.42 Å². The second-order valence-corrected chi connectivity index (χ2v) is 8.16. The minimum atomic E-state index is -3.58. The highest BCUT2D eigenvalue weighted by atomic mass is 32.2. The SMILES string of the molecule is C[C@@H]1CCc2oc3ccc(NS(=O)(=O)c4ccccc4)cc3c2C1. The lowest BCUT2D eigenvalue weighted by molar-refractivity contribution is 0.438. The van der Waals surface area contributed by atoms with E-state index in [1.807, 2.05) is 12.1 Å². The smallest absolute Gasteiger partial charge is 0.261 e. The van der Waals surface area contributed by atoms with E-state index in [1.54, 1.807) is 36.4 Å². The van der Waals surface area contributed by atoms with Crippen molar-refractivity contribution >= 4 is 26.7 Å². The molecule has 0 saturated carbocycles. The fourth-order valence-corrected chi connectivity index (χ4v) is 4.40. The van der Waals surface area contributed by atoms with Crippen LogP contribution in [0.1, 0.15) is 24.7 Å². The summed E-state index contributed by atoms with van der Waals surface area (Å²) in [7, 11) is -3.58. The molecule has 1 aromatic heterocycles. The molecule has 0 saturated heterocycles. The van der Waals surface area contributed by atoms with Crippen molar-refractivity contribution in [3.8, 4) is 0 Å². The maximum atomic E-state index is 12.5. The first-order chi connectivity index (χ1) is 11.5. The van der Waals surface area contributed by atoms with Gasteiger partial charge in [0.15, 0.2) is 0 Å². The summed E-state index contributed by atoms with van der Waals surface area (Å²) in [6, 6.07) is 13.9. The standard InChI is InChI=1S/C19H19NO3S/c1-13-7-9-18-16(11-13)17-12-14(8-10-19(17)23-18)20-24(21,22)15-5-3-2-4-6-15/h2-6,8,10,12-13,20H,7,9,11H2,1H3/t13-/m1/s1. The van der Waals surface area contributed by atoms with Gasteiger partial charge in [0.2, 0.25) is 0 Å². The summed E-state index contributed by atoms with van der Waals surface area (Å²) in [5, 5.41) is 1.02. The Morgan fingerprint density at radius 2 is 1.92 bits per heavy atom. The summed E-state index contributed by atoms with van der Waals surface area (Å²) in [4.78, 5) is 0.257. The first kappa shape index (κ1) is 15.3. The molecule has 0 amide bonds. The van der Waals surface area contributed by atoms with Gasteiger partial charge in [-0.05, 0) is 49.1 Å². The summed E-state index contributed by atoms with van der Waals surface area (Å²) in [5.41, 5.74) is 2.62. The molecule has 3 aromatic rings. The zero-order chi connectivity index (χ0) is 16.7. The predicted octanol–water partition coefficient (Wildman–Crippen LogP) is 4.36. The maximum Gasteiger partial charge on any atom is 0.261 e. The van der Waals surface area contributed by atoms with Crippen LogP contribution in [0.25, 0.3) is 11.0 Å². The van der Waals surface area contributed by atoms with Gasteiger partial charge in [0.25, 0.3) is 10.0 Å². The molecule has 2 aromatic carbocycles.